The molecule has 0 aliphatic rings. The second-order valence-corrected chi connectivity index (χ2v) is 2.36. The molecule has 1 rings (SSSR count). The average molecular weight is 192 g/mol. The number of nitrogens with two attached hydrogens (primary N) is 1. The molecule has 0 saturated heterocycles. The first-order valence-corrected chi connectivity index (χ1v) is 3.45. The summed E-state index contributed by atoms with van der Waals surface area (Å²) >= 11 is 0. The first-order valence-electron chi connectivity index (χ1n) is 3.45. The van der Waals surface area contributed by atoms with E-state index in [0.29, 0.717) is 13.0 Å². The van der Waals surface area contributed by atoms with Crippen LogP contribution in [0.25, 0.3) is 0 Å². The van der Waals surface area contributed by atoms with E-state index in [-0.39, 0.29) is 23.9 Å². The number of phenols is 2. The number of phenolic OH excluding ortho intramolecular Hbond substituents is 2. The Morgan fingerprint density at radius 3 is 2.42 bits per heavy atom. The van der Waals surface area contributed by atoms with Gasteiger partial charge in [-0.05, 0) is 30.7 Å². The first kappa shape index (κ1) is 11.1. The smallest absolute Gasteiger partial charge is 0.157 e. The number of hydrogen-bond donors (Lipinski definition) is 3. The molecular formula is C8H12ClNO2. The summed E-state index contributed by atoms with van der Waals surface area (Å²) < 4.78 is 0. The van der Waals surface area contributed by atoms with Crippen molar-refractivity contribution in [3.63, 3.8) is 0 Å². The van der Waals surface area contributed by atoms with Crippen LogP contribution in [0.15, 0.2) is 18.2 Å². The van der Waals surface area contributed by atoms with Crippen LogP contribution in [0.5, 0.6) is 11.5 Å². The van der Waals surface area contributed by atoms with Crippen molar-refractivity contribution < 1.29 is 10.2 Å². The van der Waals surface area contributed by atoms with Gasteiger partial charge in [-0.3, -0.25) is 0 Å². The van der Waals surface area contributed by atoms with E-state index < -0.39 is 0 Å². The molecule has 4 heteroatoms. The van der Waals surface area contributed by atoms with Crippen LogP contribution in [0.2, 0.25) is 0 Å². The SMILES string of the molecule is Cl.N[14CH2]Cc1ccc(O)c(O)c1. The van der Waals surface area contributed by atoms with Crippen molar-refractivity contribution in [2.24, 2.45) is 5.73 Å². The van der Waals surface area contributed by atoms with E-state index in [9.17, 15) is 0 Å². The molecule has 0 aromatic heterocycles. The van der Waals surface area contributed by atoms with Gasteiger partial charge in [-0.15, -0.1) is 12.4 Å². The molecule has 0 atom stereocenters. The van der Waals surface area contributed by atoms with Crippen LogP contribution >= 0.6 is 12.4 Å². The van der Waals surface area contributed by atoms with Crippen molar-refractivity contribution >= 4 is 12.4 Å². The molecule has 0 saturated carbocycles. The van der Waals surface area contributed by atoms with E-state index >= 15 is 0 Å². The lowest BCUT2D eigenvalue weighted by Crippen LogP contribution is -2.02. The largest absolute Gasteiger partial charge is 0.504 e. The minimum atomic E-state index is -0.0919. The summed E-state index contributed by atoms with van der Waals surface area (Å²) in [6, 6.07) is 4.71. The Balaban J connectivity index is 0.00000121. The molecular weight excluding hydrogens is 180 g/mol. The standard InChI is InChI=1S/C8H11NO2.ClH/c9-4-3-6-1-2-7(10)8(11)5-6;/h1-2,5,10-11H,3-4,9H2;1H/i4+2;. The Morgan fingerprint density at radius 1 is 1.25 bits per heavy atom. The lowest BCUT2D eigenvalue weighted by molar-refractivity contribution is 0.403. The fraction of sp³-hybridized carbons (Fsp3) is 0.250. The summed E-state index contributed by atoms with van der Waals surface area (Å²) in [4.78, 5) is 0. The van der Waals surface area contributed by atoms with Crippen molar-refractivity contribution in [2.45, 2.75) is 6.42 Å². The third-order valence-electron chi connectivity index (χ3n) is 1.47. The van der Waals surface area contributed by atoms with E-state index in [1.54, 1.807) is 6.07 Å². The Kier molecular flexibility index (Phi) is 4.47. The summed E-state index contributed by atoms with van der Waals surface area (Å²) in [7, 11) is 0. The summed E-state index contributed by atoms with van der Waals surface area (Å²) in [5.74, 6) is -0.179. The fourth-order valence-electron chi connectivity index (χ4n) is 0.891. The van der Waals surface area contributed by atoms with E-state index in [2.05, 4.69) is 0 Å². The Bertz CT molecular complexity index is 253. The summed E-state index contributed by atoms with van der Waals surface area (Å²) in [5, 5.41) is 18.0. The molecule has 12 heavy (non-hydrogen) atoms. The van der Waals surface area contributed by atoms with Crippen molar-refractivity contribution in [2.75, 3.05) is 6.54 Å². The molecule has 0 heterocycles. The van der Waals surface area contributed by atoms with Gasteiger partial charge in [-0.2, -0.15) is 0 Å². The van der Waals surface area contributed by atoms with Gasteiger partial charge >= 0.3 is 0 Å². The molecule has 0 spiro atoms. The topological polar surface area (TPSA) is 66.5 Å². The second kappa shape index (κ2) is 4.85. The van der Waals surface area contributed by atoms with Gasteiger partial charge < -0.3 is 15.9 Å². The van der Waals surface area contributed by atoms with Gasteiger partial charge in [0.25, 0.3) is 0 Å². The molecule has 0 fully saturated rings. The fourth-order valence-corrected chi connectivity index (χ4v) is 0.891. The van der Waals surface area contributed by atoms with E-state index in [0.717, 1.165) is 5.56 Å². The highest BCUT2D eigenvalue weighted by Gasteiger charge is 1.98. The molecule has 1 aromatic rings. The van der Waals surface area contributed by atoms with Gasteiger partial charge in [0.1, 0.15) is 0 Å². The van der Waals surface area contributed by atoms with Gasteiger partial charge in [0.2, 0.25) is 0 Å². The molecule has 3 nitrogen and oxygen atoms in total. The van der Waals surface area contributed by atoms with E-state index in [4.69, 9.17) is 15.9 Å². The maximum atomic E-state index is 9.04. The lowest BCUT2D eigenvalue weighted by atomic mass is 10.2. The molecule has 1 aromatic carbocycles. The van der Waals surface area contributed by atoms with E-state index in [1.807, 2.05) is 0 Å². The van der Waals surface area contributed by atoms with Crippen LogP contribution in [0.4, 0.5) is 0 Å². The summed E-state index contributed by atoms with van der Waals surface area (Å²) in [5.41, 5.74) is 6.24. The summed E-state index contributed by atoms with van der Waals surface area (Å²) in [6.45, 7) is 0.546. The van der Waals surface area contributed by atoms with Crippen LogP contribution in [-0.4, -0.2) is 16.8 Å². The molecule has 68 valence electrons. The molecule has 0 radical (unpaired) electrons. The van der Waals surface area contributed by atoms with Crippen LogP contribution in [0.1, 0.15) is 5.56 Å². The number of halogens is 1. The zero-order valence-electron chi connectivity index (χ0n) is 6.53. The van der Waals surface area contributed by atoms with Gasteiger partial charge in [0.05, 0.1) is 0 Å². The maximum absolute atomic E-state index is 9.04. The van der Waals surface area contributed by atoms with Gasteiger partial charge in [-0.25, -0.2) is 0 Å². The highest BCUT2D eigenvalue weighted by molar-refractivity contribution is 5.85. The van der Waals surface area contributed by atoms with Crippen molar-refractivity contribution in [1.29, 1.82) is 0 Å². The number of hydrogen-bond acceptors (Lipinski definition) is 3. The lowest BCUT2D eigenvalue weighted by Gasteiger charge is -2.00. The van der Waals surface area contributed by atoms with Crippen molar-refractivity contribution in [3.8, 4) is 11.5 Å². The molecule has 0 amide bonds. The minimum absolute atomic E-state index is 0. The van der Waals surface area contributed by atoms with Crippen LogP contribution < -0.4 is 5.73 Å². The van der Waals surface area contributed by atoms with Crippen LogP contribution in [-0.2, 0) is 6.42 Å². The second-order valence-electron chi connectivity index (χ2n) is 2.36. The predicted octanol–water partition coefficient (Wildman–Crippen LogP) is 1.02. The Labute approximate surface area is 77.2 Å². The molecule has 0 unspecified atom stereocenters. The van der Waals surface area contributed by atoms with Gasteiger partial charge in [0.15, 0.2) is 11.5 Å². The Hall–Kier alpha value is -0.930. The van der Waals surface area contributed by atoms with Gasteiger partial charge in [-0.1, -0.05) is 6.07 Å². The minimum Gasteiger partial charge on any atom is -0.504 e. The predicted molar refractivity (Wildman–Crippen MR) is 49.8 cm³/mol. The maximum Gasteiger partial charge on any atom is 0.157 e. The monoisotopic (exact) mass is 191 g/mol. The zero-order valence-corrected chi connectivity index (χ0v) is 7.34. The molecule has 0 bridgehead atoms. The van der Waals surface area contributed by atoms with Crippen molar-refractivity contribution in [3.05, 3.63) is 23.8 Å². The van der Waals surface area contributed by atoms with Crippen molar-refractivity contribution in [1.82, 2.24) is 0 Å². The molecule has 0 aliphatic carbocycles. The van der Waals surface area contributed by atoms with Gasteiger partial charge in [0, 0.05) is 0 Å². The number of rotatable bonds is 2. The quantitative estimate of drug-likeness (QED) is 0.612. The molecule has 4 N–H and O–H groups in total. The van der Waals surface area contributed by atoms with E-state index in [1.165, 1.54) is 12.1 Å². The zero-order chi connectivity index (χ0) is 8.27. The van der Waals surface area contributed by atoms with Crippen LogP contribution in [0.3, 0.4) is 0 Å². The van der Waals surface area contributed by atoms with Crippen LogP contribution in [0, 0.1) is 0 Å². The third-order valence-corrected chi connectivity index (χ3v) is 1.47. The third kappa shape index (κ3) is 2.60. The highest BCUT2D eigenvalue weighted by Crippen LogP contribution is 2.24. The first-order chi connectivity index (χ1) is 5.24. The summed E-state index contributed by atoms with van der Waals surface area (Å²) in [6.07, 6.45) is 0.716. The highest BCUT2D eigenvalue weighted by atomic mass is 35.5. The number of benzene rings is 1. The number of aromatic hydroxyl groups is 2. The average Bonchev–Trinajstić information content (AvgIpc) is 1.98. The normalized spacial score (nSPS) is 9.08. The molecule has 0 aliphatic heterocycles. The Morgan fingerprint density at radius 2 is 1.92 bits per heavy atom.